The Morgan fingerprint density at radius 2 is 2.31 bits per heavy atom. The van der Waals surface area contributed by atoms with Gasteiger partial charge >= 0.3 is 0 Å². The molecular weight excluding hydrogens is 238 g/mol. The van der Waals surface area contributed by atoms with Gasteiger partial charge in [-0.05, 0) is 35.2 Å². The molecule has 1 aliphatic rings. The molecule has 0 saturated heterocycles. The lowest BCUT2D eigenvalue weighted by molar-refractivity contribution is 0.886. The van der Waals surface area contributed by atoms with E-state index in [0.29, 0.717) is 5.92 Å². The second kappa shape index (κ2) is 4.14. The number of thiophene rings is 1. The molecule has 0 N–H and O–H groups in total. The van der Waals surface area contributed by atoms with Crippen LogP contribution in [0.4, 0.5) is 5.13 Å². The Kier molecular flexibility index (Phi) is 2.65. The quantitative estimate of drug-likeness (QED) is 0.836. The molecular formula is C11H13N3S2. The zero-order chi connectivity index (χ0) is 11.0. The zero-order valence-corrected chi connectivity index (χ0v) is 10.7. The highest BCUT2D eigenvalue weighted by molar-refractivity contribution is 7.15. The smallest absolute Gasteiger partial charge is 0.208 e. The van der Waals surface area contributed by atoms with Crippen LogP contribution in [0.25, 0.3) is 0 Å². The van der Waals surface area contributed by atoms with Crippen LogP contribution in [0, 0.1) is 0 Å². The normalized spacial score (nSPS) is 15.3. The average Bonchev–Trinajstić information content (AvgIpc) is 2.82. The summed E-state index contributed by atoms with van der Waals surface area (Å²) in [5.74, 6) is 0.709. The third-order valence-electron chi connectivity index (χ3n) is 2.68. The zero-order valence-electron chi connectivity index (χ0n) is 9.09. The summed E-state index contributed by atoms with van der Waals surface area (Å²) in [6.45, 7) is 0.919. The molecule has 0 radical (unpaired) electrons. The molecule has 2 aromatic rings. The molecule has 5 heteroatoms. The van der Waals surface area contributed by atoms with Crippen LogP contribution in [-0.4, -0.2) is 17.2 Å². The van der Waals surface area contributed by atoms with Crippen molar-refractivity contribution in [1.82, 2.24) is 10.2 Å². The van der Waals surface area contributed by atoms with E-state index < -0.39 is 0 Å². The van der Waals surface area contributed by atoms with Crippen molar-refractivity contribution in [3.05, 3.63) is 27.4 Å². The highest BCUT2D eigenvalue weighted by Gasteiger charge is 2.27. The van der Waals surface area contributed by atoms with E-state index in [9.17, 15) is 0 Å². The SMILES string of the molecule is CN(Cc1ccsc1)c1nnc(C2CC2)s1. The second-order valence-electron chi connectivity index (χ2n) is 4.18. The first-order chi connectivity index (χ1) is 7.83. The standard InChI is InChI=1S/C11H13N3S2/c1-14(6-8-4-5-15-7-8)11-13-12-10(16-11)9-2-3-9/h4-5,7,9H,2-3,6H2,1H3. The molecule has 1 saturated carbocycles. The Morgan fingerprint density at radius 3 is 3.00 bits per heavy atom. The van der Waals surface area contributed by atoms with E-state index in [2.05, 4.69) is 39.0 Å². The van der Waals surface area contributed by atoms with Crippen molar-refractivity contribution >= 4 is 27.8 Å². The van der Waals surface area contributed by atoms with Crippen molar-refractivity contribution in [1.29, 1.82) is 0 Å². The molecule has 2 heterocycles. The molecule has 3 nitrogen and oxygen atoms in total. The number of anilines is 1. The maximum absolute atomic E-state index is 4.26. The van der Waals surface area contributed by atoms with Gasteiger partial charge in [-0.2, -0.15) is 11.3 Å². The highest BCUT2D eigenvalue weighted by atomic mass is 32.1. The van der Waals surface area contributed by atoms with E-state index in [-0.39, 0.29) is 0 Å². The maximum atomic E-state index is 4.26. The summed E-state index contributed by atoms with van der Waals surface area (Å²) in [6, 6.07) is 2.16. The fraction of sp³-hybridized carbons (Fsp3) is 0.455. The van der Waals surface area contributed by atoms with Crippen molar-refractivity contribution in [2.75, 3.05) is 11.9 Å². The van der Waals surface area contributed by atoms with Crippen molar-refractivity contribution in [2.45, 2.75) is 25.3 Å². The first kappa shape index (κ1) is 10.2. The monoisotopic (exact) mass is 251 g/mol. The summed E-state index contributed by atoms with van der Waals surface area (Å²) < 4.78 is 0. The lowest BCUT2D eigenvalue weighted by Gasteiger charge is -2.13. The summed E-state index contributed by atoms with van der Waals surface area (Å²) >= 11 is 3.48. The molecule has 0 aromatic carbocycles. The van der Waals surface area contributed by atoms with E-state index in [1.165, 1.54) is 23.4 Å². The van der Waals surface area contributed by atoms with Gasteiger partial charge in [-0.3, -0.25) is 0 Å². The van der Waals surface area contributed by atoms with E-state index in [4.69, 9.17) is 0 Å². The Labute approximate surface area is 103 Å². The van der Waals surface area contributed by atoms with Gasteiger partial charge in [0, 0.05) is 19.5 Å². The lowest BCUT2D eigenvalue weighted by atomic mass is 10.3. The lowest BCUT2D eigenvalue weighted by Crippen LogP contribution is -2.15. The minimum absolute atomic E-state index is 0.709. The Bertz CT molecular complexity index is 459. The van der Waals surface area contributed by atoms with Crippen LogP contribution in [0.3, 0.4) is 0 Å². The first-order valence-electron chi connectivity index (χ1n) is 5.38. The number of nitrogens with zero attached hydrogens (tertiary/aromatic N) is 3. The largest absolute Gasteiger partial charge is 0.345 e. The molecule has 3 rings (SSSR count). The number of hydrogen-bond donors (Lipinski definition) is 0. The summed E-state index contributed by atoms with van der Waals surface area (Å²) in [6.07, 6.45) is 2.59. The summed E-state index contributed by atoms with van der Waals surface area (Å²) in [5, 5.41) is 15.1. The molecule has 0 unspecified atom stereocenters. The van der Waals surface area contributed by atoms with Crippen molar-refractivity contribution in [3.63, 3.8) is 0 Å². The molecule has 0 atom stereocenters. The van der Waals surface area contributed by atoms with E-state index in [1.807, 2.05) is 0 Å². The minimum atomic E-state index is 0.709. The molecule has 84 valence electrons. The number of rotatable bonds is 4. The fourth-order valence-corrected chi connectivity index (χ4v) is 3.23. The van der Waals surface area contributed by atoms with Gasteiger partial charge in [0.05, 0.1) is 0 Å². The van der Waals surface area contributed by atoms with Crippen LogP contribution >= 0.6 is 22.7 Å². The van der Waals surface area contributed by atoms with Crippen LogP contribution in [-0.2, 0) is 6.54 Å². The van der Waals surface area contributed by atoms with E-state index in [1.54, 1.807) is 22.7 Å². The van der Waals surface area contributed by atoms with Gasteiger partial charge in [0.15, 0.2) is 0 Å². The van der Waals surface area contributed by atoms with Crippen LogP contribution in [0.1, 0.15) is 29.3 Å². The number of hydrogen-bond acceptors (Lipinski definition) is 5. The fourth-order valence-electron chi connectivity index (χ4n) is 1.60. The van der Waals surface area contributed by atoms with Crippen molar-refractivity contribution < 1.29 is 0 Å². The minimum Gasteiger partial charge on any atom is -0.345 e. The van der Waals surface area contributed by atoms with Gasteiger partial charge in [-0.25, -0.2) is 0 Å². The third kappa shape index (κ3) is 2.10. The van der Waals surface area contributed by atoms with E-state index in [0.717, 1.165) is 11.7 Å². The Hall–Kier alpha value is -0.940. The van der Waals surface area contributed by atoms with Crippen LogP contribution in [0.15, 0.2) is 16.8 Å². The molecule has 0 aliphatic heterocycles. The predicted octanol–water partition coefficient (Wildman–Crippen LogP) is 3.11. The Morgan fingerprint density at radius 1 is 1.44 bits per heavy atom. The summed E-state index contributed by atoms with van der Waals surface area (Å²) in [5.41, 5.74) is 1.34. The van der Waals surface area contributed by atoms with Gasteiger partial charge in [0.1, 0.15) is 5.01 Å². The van der Waals surface area contributed by atoms with Gasteiger partial charge in [0.2, 0.25) is 5.13 Å². The molecule has 1 aliphatic carbocycles. The molecule has 0 spiro atoms. The van der Waals surface area contributed by atoms with Gasteiger partial charge in [-0.1, -0.05) is 11.3 Å². The van der Waals surface area contributed by atoms with E-state index >= 15 is 0 Å². The number of aromatic nitrogens is 2. The van der Waals surface area contributed by atoms with Crippen molar-refractivity contribution in [3.8, 4) is 0 Å². The summed E-state index contributed by atoms with van der Waals surface area (Å²) in [4.78, 5) is 2.17. The first-order valence-corrected chi connectivity index (χ1v) is 7.14. The highest BCUT2D eigenvalue weighted by Crippen LogP contribution is 2.42. The molecule has 0 amide bonds. The van der Waals surface area contributed by atoms with Gasteiger partial charge in [0.25, 0.3) is 0 Å². The van der Waals surface area contributed by atoms with Gasteiger partial charge < -0.3 is 4.90 Å². The van der Waals surface area contributed by atoms with Crippen LogP contribution in [0.5, 0.6) is 0 Å². The predicted molar refractivity (Wildman–Crippen MR) is 68.3 cm³/mol. The topological polar surface area (TPSA) is 29.0 Å². The second-order valence-corrected chi connectivity index (χ2v) is 5.95. The molecule has 2 aromatic heterocycles. The van der Waals surface area contributed by atoms with Crippen LogP contribution < -0.4 is 4.90 Å². The van der Waals surface area contributed by atoms with Crippen molar-refractivity contribution in [2.24, 2.45) is 0 Å². The maximum Gasteiger partial charge on any atom is 0.208 e. The van der Waals surface area contributed by atoms with Gasteiger partial charge in [-0.15, -0.1) is 10.2 Å². The Balaban J connectivity index is 1.70. The molecule has 1 fully saturated rings. The third-order valence-corrected chi connectivity index (χ3v) is 4.62. The molecule has 16 heavy (non-hydrogen) atoms. The average molecular weight is 251 g/mol. The summed E-state index contributed by atoms with van der Waals surface area (Å²) in [7, 11) is 2.08. The molecule has 0 bridgehead atoms. The van der Waals surface area contributed by atoms with Crippen LogP contribution in [0.2, 0.25) is 0 Å².